The van der Waals surface area contributed by atoms with Crippen LogP contribution in [0.2, 0.25) is 0 Å². The lowest BCUT2D eigenvalue weighted by molar-refractivity contribution is -0.126. The topological polar surface area (TPSA) is 68.3 Å². The van der Waals surface area contributed by atoms with Crippen molar-refractivity contribution >= 4 is 23.2 Å². The van der Waals surface area contributed by atoms with Crippen LogP contribution in [0, 0.1) is 5.92 Å². The average Bonchev–Trinajstić information content (AvgIpc) is 3.36. The van der Waals surface area contributed by atoms with Crippen molar-refractivity contribution in [2.45, 2.75) is 12.1 Å². The third-order valence-corrected chi connectivity index (χ3v) is 5.91. The molecule has 3 atom stereocenters. The van der Waals surface area contributed by atoms with Gasteiger partial charge in [-0.1, -0.05) is 30.3 Å². The minimum Gasteiger partial charge on any atom is -0.497 e. The van der Waals surface area contributed by atoms with Crippen LogP contribution < -0.4 is 19.4 Å². The van der Waals surface area contributed by atoms with Crippen LogP contribution in [-0.2, 0) is 14.4 Å². The van der Waals surface area contributed by atoms with E-state index in [4.69, 9.17) is 14.3 Å². The van der Waals surface area contributed by atoms with Crippen LogP contribution in [0.5, 0.6) is 11.5 Å². The van der Waals surface area contributed by atoms with Crippen LogP contribution in [0.4, 0.5) is 11.4 Å². The molecule has 2 heterocycles. The SMILES string of the molecule is COc1ccc([C@H]2[C@H]3C(=O)N(c4ccc(OC)cc4)C(=O)[C@@H]3ON2c2ccccc2)cc1. The van der Waals surface area contributed by atoms with Gasteiger partial charge >= 0.3 is 0 Å². The van der Waals surface area contributed by atoms with Crippen LogP contribution in [-0.4, -0.2) is 32.1 Å². The number of para-hydroxylation sites is 1. The Morgan fingerprint density at radius 3 is 1.91 bits per heavy atom. The molecule has 2 aliphatic heterocycles. The van der Waals surface area contributed by atoms with Crippen molar-refractivity contribution in [3.05, 3.63) is 84.4 Å². The molecule has 3 aromatic carbocycles. The van der Waals surface area contributed by atoms with Crippen molar-refractivity contribution in [3.8, 4) is 11.5 Å². The van der Waals surface area contributed by atoms with Gasteiger partial charge in [-0.2, -0.15) is 0 Å². The molecule has 0 radical (unpaired) electrons. The van der Waals surface area contributed by atoms with Crippen molar-refractivity contribution in [2.24, 2.45) is 5.92 Å². The first-order chi connectivity index (χ1) is 15.6. The molecule has 2 saturated heterocycles. The number of hydrogen-bond acceptors (Lipinski definition) is 6. The highest BCUT2D eigenvalue weighted by molar-refractivity contribution is 6.23. The lowest BCUT2D eigenvalue weighted by atomic mass is 9.90. The smallest absolute Gasteiger partial charge is 0.266 e. The minimum atomic E-state index is -0.906. The number of methoxy groups -OCH3 is 2. The van der Waals surface area contributed by atoms with E-state index in [1.165, 1.54) is 4.90 Å². The van der Waals surface area contributed by atoms with Gasteiger partial charge in [0.05, 0.1) is 31.6 Å². The Labute approximate surface area is 185 Å². The fraction of sp³-hybridized carbons (Fsp3) is 0.200. The van der Waals surface area contributed by atoms with Gasteiger partial charge in [0, 0.05) is 0 Å². The Morgan fingerprint density at radius 2 is 1.31 bits per heavy atom. The molecule has 0 unspecified atom stereocenters. The lowest BCUT2D eigenvalue weighted by Crippen LogP contribution is -2.37. The first-order valence-electron chi connectivity index (χ1n) is 10.3. The fourth-order valence-corrected chi connectivity index (χ4v) is 4.34. The Balaban J connectivity index is 1.55. The fourth-order valence-electron chi connectivity index (χ4n) is 4.34. The third-order valence-electron chi connectivity index (χ3n) is 5.91. The van der Waals surface area contributed by atoms with Crippen molar-refractivity contribution in [1.82, 2.24) is 0 Å². The van der Waals surface area contributed by atoms with Crippen LogP contribution in [0.15, 0.2) is 78.9 Å². The summed E-state index contributed by atoms with van der Waals surface area (Å²) >= 11 is 0. The number of amides is 2. The van der Waals surface area contributed by atoms with Gasteiger partial charge in [0.1, 0.15) is 17.4 Å². The number of rotatable bonds is 5. The summed E-state index contributed by atoms with van der Waals surface area (Å²) in [6.07, 6.45) is -0.906. The summed E-state index contributed by atoms with van der Waals surface area (Å²) in [6.45, 7) is 0. The molecule has 2 amide bonds. The molecule has 3 aromatic rings. The van der Waals surface area contributed by atoms with E-state index in [-0.39, 0.29) is 11.8 Å². The van der Waals surface area contributed by atoms with Gasteiger partial charge in [-0.25, -0.2) is 9.96 Å². The number of carbonyl (C=O) groups is 2. The highest BCUT2D eigenvalue weighted by Gasteiger charge is 2.60. The summed E-state index contributed by atoms with van der Waals surface area (Å²) in [6, 6.07) is 23.4. The summed E-state index contributed by atoms with van der Waals surface area (Å²) in [5, 5.41) is 1.68. The Kier molecular flexibility index (Phi) is 5.03. The van der Waals surface area contributed by atoms with E-state index < -0.39 is 18.1 Å². The molecule has 0 N–H and O–H groups in total. The quantitative estimate of drug-likeness (QED) is 0.575. The first kappa shape index (κ1) is 20.1. The number of hydroxylamine groups is 1. The second-order valence-corrected chi connectivity index (χ2v) is 7.64. The van der Waals surface area contributed by atoms with Crippen LogP contribution in [0.1, 0.15) is 11.6 Å². The lowest BCUT2D eigenvalue weighted by Gasteiger charge is -2.28. The number of benzene rings is 3. The van der Waals surface area contributed by atoms with Gasteiger partial charge in [-0.3, -0.25) is 14.4 Å². The summed E-state index contributed by atoms with van der Waals surface area (Å²) in [7, 11) is 3.17. The Hall–Kier alpha value is -3.84. The van der Waals surface area contributed by atoms with Gasteiger partial charge in [0.2, 0.25) is 5.91 Å². The van der Waals surface area contributed by atoms with E-state index in [9.17, 15) is 9.59 Å². The maximum absolute atomic E-state index is 13.6. The van der Waals surface area contributed by atoms with Gasteiger partial charge in [0.25, 0.3) is 5.91 Å². The standard InChI is InChI=1S/C25H22N2O5/c1-30-19-12-8-16(9-13-19)22-21-23(32-27(22)18-6-4-3-5-7-18)25(29)26(24(21)28)17-10-14-20(31-2)15-11-17/h3-15,21-23H,1-2H3/t21-,22+,23-/m1/s1. The molecule has 162 valence electrons. The molecule has 0 aromatic heterocycles. The van der Waals surface area contributed by atoms with E-state index in [0.29, 0.717) is 17.2 Å². The van der Waals surface area contributed by atoms with Gasteiger partial charge in [-0.15, -0.1) is 0 Å². The van der Waals surface area contributed by atoms with Gasteiger partial charge in [0.15, 0.2) is 6.10 Å². The van der Waals surface area contributed by atoms with E-state index in [1.807, 2.05) is 54.6 Å². The molecule has 2 aliphatic rings. The second-order valence-electron chi connectivity index (χ2n) is 7.64. The minimum absolute atomic E-state index is 0.288. The monoisotopic (exact) mass is 430 g/mol. The largest absolute Gasteiger partial charge is 0.497 e. The molecule has 7 nitrogen and oxygen atoms in total. The van der Waals surface area contributed by atoms with Crippen molar-refractivity contribution in [1.29, 1.82) is 0 Å². The predicted octanol–water partition coefficient (Wildman–Crippen LogP) is 3.75. The van der Waals surface area contributed by atoms with Crippen LogP contribution >= 0.6 is 0 Å². The molecule has 0 saturated carbocycles. The number of carbonyl (C=O) groups excluding carboxylic acids is 2. The number of nitrogens with zero attached hydrogens (tertiary/aromatic N) is 2. The van der Waals surface area contributed by atoms with Gasteiger partial charge < -0.3 is 9.47 Å². The number of hydrogen-bond donors (Lipinski definition) is 0. The van der Waals surface area contributed by atoms with E-state index >= 15 is 0 Å². The summed E-state index contributed by atoms with van der Waals surface area (Å²) in [5.41, 5.74) is 2.14. The highest BCUT2D eigenvalue weighted by Crippen LogP contribution is 2.47. The van der Waals surface area contributed by atoms with E-state index in [2.05, 4.69) is 0 Å². The van der Waals surface area contributed by atoms with Crippen LogP contribution in [0.25, 0.3) is 0 Å². The molecular weight excluding hydrogens is 408 g/mol. The molecule has 5 rings (SSSR count). The van der Waals surface area contributed by atoms with Crippen molar-refractivity contribution in [2.75, 3.05) is 24.2 Å². The number of anilines is 2. The molecule has 32 heavy (non-hydrogen) atoms. The summed E-state index contributed by atoms with van der Waals surface area (Å²) < 4.78 is 10.5. The second kappa shape index (κ2) is 8.01. The number of imide groups is 1. The number of fused-ring (bicyclic) bond motifs is 1. The first-order valence-corrected chi connectivity index (χ1v) is 10.3. The predicted molar refractivity (Wildman–Crippen MR) is 119 cm³/mol. The van der Waals surface area contributed by atoms with Crippen LogP contribution in [0.3, 0.4) is 0 Å². The number of ether oxygens (including phenoxy) is 2. The maximum Gasteiger partial charge on any atom is 0.266 e. The molecule has 2 fully saturated rings. The summed E-state index contributed by atoms with van der Waals surface area (Å²) in [5.74, 6) is 0.0181. The average molecular weight is 430 g/mol. The molecule has 0 aliphatic carbocycles. The zero-order chi connectivity index (χ0) is 22.2. The van der Waals surface area contributed by atoms with E-state index in [1.54, 1.807) is 43.5 Å². The van der Waals surface area contributed by atoms with Crippen molar-refractivity contribution in [3.63, 3.8) is 0 Å². The molecular formula is C25H22N2O5. The zero-order valence-electron chi connectivity index (χ0n) is 17.7. The van der Waals surface area contributed by atoms with Crippen molar-refractivity contribution < 1.29 is 23.9 Å². The third kappa shape index (κ3) is 3.18. The summed E-state index contributed by atoms with van der Waals surface area (Å²) in [4.78, 5) is 34.2. The Bertz CT molecular complexity index is 1130. The normalized spacial score (nSPS) is 22.2. The molecule has 7 heteroatoms. The van der Waals surface area contributed by atoms with E-state index in [0.717, 1.165) is 11.3 Å². The van der Waals surface area contributed by atoms with Gasteiger partial charge in [-0.05, 0) is 54.1 Å². The molecule has 0 bridgehead atoms. The highest BCUT2D eigenvalue weighted by atomic mass is 16.7. The molecule has 0 spiro atoms. The Morgan fingerprint density at radius 1 is 0.719 bits per heavy atom. The zero-order valence-corrected chi connectivity index (χ0v) is 17.7. The maximum atomic E-state index is 13.6.